The van der Waals surface area contributed by atoms with Crippen LogP contribution in [0.15, 0.2) is 34.9 Å². The number of methoxy groups -OCH3 is 2. The molecule has 0 radical (unpaired) electrons. The smallest absolute Gasteiger partial charge is 0.236 e. The number of anilines is 1. The average molecular weight is 378 g/mol. The number of aromatic nitrogens is 5. The zero-order valence-electron chi connectivity index (χ0n) is 13.4. The van der Waals surface area contributed by atoms with Gasteiger partial charge in [-0.25, -0.2) is 4.98 Å². The van der Waals surface area contributed by atoms with Gasteiger partial charge in [-0.05, 0) is 22.6 Å². The van der Waals surface area contributed by atoms with Gasteiger partial charge in [-0.15, -0.1) is 16.4 Å². The van der Waals surface area contributed by atoms with Gasteiger partial charge in [0.15, 0.2) is 16.6 Å². The summed E-state index contributed by atoms with van der Waals surface area (Å²) in [5.74, 6) is 1.15. The standard InChI is InChI=1S/C14H14N6O3S2/c1-22-10-4-3-9(7-11(10)23-2)20-14(17-18-19-20)25-8-12(21)16-13-15-5-6-24-13/h3-7H,8H2,1-2H3,(H,15,16,21). The Labute approximate surface area is 151 Å². The summed E-state index contributed by atoms with van der Waals surface area (Å²) in [7, 11) is 3.12. The van der Waals surface area contributed by atoms with Crippen LogP contribution in [-0.2, 0) is 4.79 Å². The van der Waals surface area contributed by atoms with Crippen LogP contribution in [0.1, 0.15) is 0 Å². The van der Waals surface area contributed by atoms with Crippen LogP contribution in [-0.4, -0.2) is 51.1 Å². The zero-order valence-corrected chi connectivity index (χ0v) is 15.0. The zero-order chi connectivity index (χ0) is 17.6. The summed E-state index contributed by atoms with van der Waals surface area (Å²) in [6.07, 6.45) is 1.63. The van der Waals surface area contributed by atoms with Crippen molar-refractivity contribution in [3.05, 3.63) is 29.8 Å². The number of tetrazole rings is 1. The lowest BCUT2D eigenvalue weighted by Crippen LogP contribution is -2.14. The predicted molar refractivity (Wildman–Crippen MR) is 93.7 cm³/mol. The van der Waals surface area contributed by atoms with Crippen molar-refractivity contribution >= 4 is 34.1 Å². The molecule has 2 heterocycles. The molecule has 3 rings (SSSR count). The fourth-order valence-corrected chi connectivity index (χ4v) is 3.19. The number of thioether (sulfide) groups is 1. The van der Waals surface area contributed by atoms with Crippen molar-refractivity contribution in [2.24, 2.45) is 0 Å². The summed E-state index contributed by atoms with van der Waals surface area (Å²) in [6.45, 7) is 0. The topological polar surface area (TPSA) is 104 Å². The lowest BCUT2D eigenvalue weighted by atomic mass is 10.3. The quantitative estimate of drug-likeness (QED) is 0.621. The molecule has 1 aromatic carbocycles. The first-order valence-electron chi connectivity index (χ1n) is 7.04. The van der Waals surface area contributed by atoms with Gasteiger partial charge < -0.3 is 14.8 Å². The van der Waals surface area contributed by atoms with E-state index in [0.29, 0.717) is 27.5 Å². The SMILES string of the molecule is COc1ccc(-n2nnnc2SCC(=O)Nc2nccs2)cc1OC. The van der Waals surface area contributed by atoms with Crippen LogP contribution in [0.25, 0.3) is 5.69 Å². The molecule has 0 fully saturated rings. The molecule has 0 spiro atoms. The molecule has 130 valence electrons. The van der Waals surface area contributed by atoms with Gasteiger partial charge in [0.05, 0.1) is 25.7 Å². The Bertz CT molecular complexity index is 852. The Morgan fingerprint density at radius 2 is 2.16 bits per heavy atom. The van der Waals surface area contributed by atoms with Crippen LogP contribution >= 0.6 is 23.1 Å². The third-order valence-electron chi connectivity index (χ3n) is 3.06. The molecule has 11 heteroatoms. The van der Waals surface area contributed by atoms with Gasteiger partial charge in [-0.1, -0.05) is 11.8 Å². The number of nitrogens with one attached hydrogen (secondary N) is 1. The molecule has 0 aliphatic rings. The molecule has 0 saturated heterocycles. The monoisotopic (exact) mass is 378 g/mol. The molecule has 9 nitrogen and oxygen atoms in total. The first kappa shape index (κ1) is 17.2. The second-order valence-corrected chi connectivity index (χ2v) is 6.42. The van der Waals surface area contributed by atoms with Crippen molar-refractivity contribution in [3.8, 4) is 17.2 Å². The van der Waals surface area contributed by atoms with E-state index in [1.165, 1.54) is 27.8 Å². The predicted octanol–water partition coefficient (Wildman–Crippen LogP) is 1.87. The number of nitrogens with zero attached hydrogens (tertiary/aromatic N) is 5. The average Bonchev–Trinajstić information content (AvgIpc) is 3.31. The maximum Gasteiger partial charge on any atom is 0.236 e. The van der Waals surface area contributed by atoms with Gasteiger partial charge in [0.2, 0.25) is 11.1 Å². The van der Waals surface area contributed by atoms with Gasteiger partial charge in [-0.3, -0.25) is 4.79 Å². The Morgan fingerprint density at radius 1 is 1.32 bits per heavy atom. The Morgan fingerprint density at radius 3 is 2.88 bits per heavy atom. The van der Waals surface area contributed by atoms with Gasteiger partial charge >= 0.3 is 0 Å². The number of thiazole rings is 1. The van der Waals surface area contributed by atoms with E-state index in [2.05, 4.69) is 25.8 Å². The van der Waals surface area contributed by atoms with Crippen molar-refractivity contribution in [2.45, 2.75) is 5.16 Å². The minimum atomic E-state index is -0.179. The lowest BCUT2D eigenvalue weighted by molar-refractivity contribution is -0.113. The number of benzene rings is 1. The third-order valence-corrected chi connectivity index (χ3v) is 4.67. The molecule has 0 saturated carbocycles. The van der Waals surface area contributed by atoms with E-state index in [9.17, 15) is 4.79 Å². The molecule has 0 bridgehead atoms. The van der Waals surface area contributed by atoms with E-state index in [4.69, 9.17) is 9.47 Å². The largest absolute Gasteiger partial charge is 0.493 e. The second-order valence-electron chi connectivity index (χ2n) is 4.59. The number of ether oxygens (including phenoxy) is 2. The van der Waals surface area contributed by atoms with Gasteiger partial charge in [0, 0.05) is 17.6 Å². The van der Waals surface area contributed by atoms with E-state index in [1.54, 1.807) is 44.0 Å². The molecular formula is C14H14N6O3S2. The second kappa shape index (κ2) is 7.94. The number of hydrogen-bond donors (Lipinski definition) is 1. The molecule has 1 N–H and O–H groups in total. The van der Waals surface area contributed by atoms with E-state index in [0.717, 1.165) is 0 Å². The molecule has 0 unspecified atom stereocenters. The minimum absolute atomic E-state index is 0.160. The van der Waals surface area contributed by atoms with Crippen LogP contribution in [0.2, 0.25) is 0 Å². The molecular weight excluding hydrogens is 364 g/mol. The fraction of sp³-hybridized carbons (Fsp3) is 0.214. The summed E-state index contributed by atoms with van der Waals surface area (Å²) in [5, 5.41) is 17.2. The first-order chi connectivity index (χ1) is 12.2. The molecule has 1 amide bonds. The summed E-state index contributed by atoms with van der Waals surface area (Å²) in [6, 6.07) is 5.33. The molecule has 0 aliphatic heterocycles. The van der Waals surface area contributed by atoms with Gasteiger partial charge in [-0.2, -0.15) is 4.68 Å². The summed E-state index contributed by atoms with van der Waals surface area (Å²) in [4.78, 5) is 16.0. The summed E-state index contributed by atoms with van der Waals surface area (Å²) in [5.41, 5.74) is 0.700. The molecule has 0 atom stereocenters. The Hall–Kier alpha value is -2.66. The highest BCUT2D eigenvalue weighted by molar-refractivity contribution is 7.99. The highest BCUT2D eigenvalue weighted by Crippen LogP contribution is 2.30. The summed E-state index contributed by atoms with van der Waals surface area (Å²) >= 11 is 2.58. The van der Waals surface area contributed by atoms with Gasteiger partial charge in [0.25, 0.3) is 0 Å². The van der Waals surface area contributed by atoms with Crippen molar-refractivity contribution in [2.75, 3.05) is 25.3 Å². The lowest BCUT2D eigenvalue weighted by Gasteiger charge is -2.10. The van der Waals surface area contributed by atoms with E-state index in [-0.39, 0.29) is 11.7 Å². The maximum absolute atomic E-state index is 12.0. The molecule has 3 aromatic rings. The van der Waals surface area contributed by atoms with Crippen LogP contribution in [0.5, 0.6) is 11.5 Å². The molecule has 0 aliphatic carbocycles. The minimum Gasteiger partial charge on any atom is -0.493 e. The van der Waals surface area contributed by atoms with Crippen LogP contribution in [0.4, 0.5) is 5.13 Å². The van der Waals surface area contributed by atoms with Crippen molar-refractivity contribution < 1.29 is 14.3 Å². The van der Waals surface area contributed by atoms with Gasteiger partial charge in [0.1, 0.15) is 0 Å². The van der Waals surface area contributed by atoms with Crippen molar-refractivity contribution in [3.63, 3.8) is 0 Å². The van der Waals surface area contributed by atoms with E-state index in [1.807, 2.05) is 0 Å². The first-order valence-corrected chi connectivity index (χ1v) is 8.90. The van der Waals surface area contributed by atoms with E-state index < -0.39 is 0 Å². The fourth-order valence-electron chi connectivity index (χ4n) is 1.96. The number of carbonyl (C=O) groups is 1. The molecule has 2 aromatic heterocycles. The maximum atomic E-state index is 12.0. The highest BCUT2D eigenvalue weighted by atomic mass is 32.2. The number of hydrogen-bond acceptors (Lipinski definition) is 9. The Balaban J connectivity index is 1.71. The van der Waals surface area contributed by atoms with Crippen LogP contribution < -0.4 is 14.8 Å². The molecule has 25 heavy (non-hydrogen) atoms. The number of amides is 1. The number of rotatable bonds is 7. The third kappa shape index (κ3) is 4.06. The summed E-state index contributed by atoms with van der Waals surface area (Å²) < 4.78 is 12.0. The van der Waals surface area contributed by atoms with Crippen molar-refractivity contribution in [1.29, 1.82) is 0 Å². The van der Waals surface area contributed by atoms with E-state index >= 15 is 0 Å². The number of carbonyl (C=O) groups excluding carboxylic acids is 1. The van der Waals surface area contributed by atoms with Crippen LogP contribution in [0, 0.1) is 0 Å². The normalized spacial score (nSPS) is 10.5. The Kier molecular flexibility index (Phi) is 5.46. The van der Waals surface area contributed by atoms with Crippen molar-refractivity contribution in [1.82, 2.24) is 25.2 Å². The van der Waals surface area contributed by atoms with Crippen LogP contribution in [0.3, 0.4) is 0 Å². The highest BCUT2D eigenvalue weighted by Gasteiger charge is 2.14.